The van der Waals surface area contributed by atoms with Gasteiger partial charge >= 0.3 is 0 Å². The molecule has 4 unspecified atom stereocenters. The highest BCUT2D eigenvalue weighted by Gasteiger charge is 2.50. The second-order valence-corrected chi connectivity index (χ2v) is 11.0. The lowest BCUT2D eigenvalue weighted by molar-refractivity contribution is -0.143. The van der Waals surface area contributed by atoms with Gasteiger partial charge in [-0.25, -0.2) is 0 Å². The molecule has 2 aliphatic carbocycles. The van der Waals surface area contributed by atoms with E-state index in [1.807, 2.05) is 24.3 Å². The summed E-state index contributed by atoms with van der Waals surface area (Å²) in [6.45, 7) is 6.25. The summed E-state index contributed by atoms with van der Waals surface area (Å²) in [5.74, 6) is -0.0852. The quantitative estimate of drug-likeness (QED) is 0.476. The van der Waals surface area contributed by atoms with Crippen LogP contribution in [0, 0.1) is 0 Å². The van der Waals surface area contributed by atoms with Crippen molar-refractivity contribution >= 4 is 11.8 Å². The molecule has 2 bridgehead atoms. The van der Waals surface area contributed by atoms with Crippen molar-refractivity contribution in [1.29, 1.82) is 0 Å². The topological polar surface area (TPSA) is 111 Å². The maximum atomic E-state index is 13.1. The number of rotatable bonds is 4. The number of nitrogens with one attached hydrogen (secondary N) is 2. The molecule has 194 valence electrons. The van der Waals surface area contributed by atoms with Gasteiger partial charge < -0.3 is 20.6 Å². The van der Waals surface area contributed by atoms with E-state index in [0.717, 1.165) is 29.5 Å². The molecule has 0 aromatic heterocycles. The molecule has 8 heteroatoms. The van der Waals surface area contributed by atoms with Crippen LogP contribution in [0.15, 0.2) is 60.7 Å². The number of fused-ring (bicyclic) bond motifs is 4. The van der Waals surface area contributed by atoms with Gasteiger partial charge in [0.05, 0.1) is 0 Å². The Kier molecular flexibility index (Phi) is 6.15. The highest BCUT2D eigenvalue weighted by molar-refractivity contribution is 5.95. The number of hydrogen-bond acceptors (Lipinski definition) is 6. The van der Waals surface area contributed by atoms with Crippen LogP contribution in [0.25, 0.3) is 11.1 Å². The van der Waals surface area contributed by atoms with Crippen LogP contribution in [-0.4, -0.2) is 76.6 Å². The van der Waals surface area contributed by atoms with E-state index in [1.54, 1.807) is 9.80 Å². The molecule has 4 atom stereocenters. The monoisotopic (exact) mass is 501 g/mol. The fourth-order valence-corrected chi connectivity index (χ4v) is 6.05. The van der Waals surface area contributed by atoms with Gasteiger partial charge in [0.25, 0.3) is 11.8 Å². The number of piperazine rings is 1. The van der Waals surface area contributed by atoms with Gasteiger partial charge in [0.2, 0.25) is 0 Å². The van der Waals surface area contributed by atoms with E-state index in [-0.39, 0.29) is 35.9 Å². The first-order valence-electron chi connectivity index (χ1n) is 13.3. The smallest absolute Gasteiger partial charge is 0.254 e. The molecule has 3 aliphatic heterocycles. The van der Waals surface area contributed by atoms with Crippen LogP contribution in [0.4, 0.5) is 0 Å². The van der Waals surface area contributed by atoms with Crippen molar-refractivity contribution < 1.29 is 14.7 Å². The fourth-order valence-electron chi connectivity index (χ4n) is 6.05. The summed E-state index contributed by atoms with van der Waals surface area (Å²) in [7, 11) is 0. The van der Waals surface area contributed by atoms with E-state index in [0.29, 0.717) is 44.6 Å². The Hall–Kier alpha value is -3.04. The molecular weight excluding hydrogens is 466 g/mol. The predicted octanol–water partition coefficient (Wildman–Crippen LogP) is 1.77. The SMILES string of the molecule is C=C1C(N)C2CCC(NN2)C1c1cccc(-c2ccc(C(=O)N3CCN(C(=O)C4(O)CC4)CC3)cc2)c1. The standard InChI is InChI=1S/C29H35N5O3/c1-18-25(23-9-10-24(26(18)30)32-31-23)22-4-2-3-21(17-22)19-5-7-20(8-6-19)27(35)33-13-15-34(16-14-33)28(36)29(37)11-12-29/h2-8,17,23-26,31-32,37H,1,9-16,30H2. The average Bonchev–Trinajstić information content (AvgIpc) is 3.73. The van der Waals surface area contributed by atoms with E-state index < -0.39 is 5.60 Å². The minimum atomic E-state index is -1.15. The number of nitrogens with two attached hydrogens (primary N) is 1. The highest BCUT2D eigenvalue weighted by atomic mass is 16.3. The number of carbonyl (C=O) groups excluding carboxylic acids is 2. The first-order chi connectivity index (χ1) is 17.8. The predicted molar refractivity (Wildman–Crippen MR) is 141 cm³/mol. The van der Waals surface area contributed by atoms with Crippen molar-refractivity contribution in [1.82, 2.24) is 20.7 Å². The van der Waals surface area contributed by atoms with E-state index in [2.05, 4.69) is 41.7 Å². The lowest BCUT2D eigenvalue weighted by Gasteiger charge is -2.35. The molecule has 37 heavy (non-hydrogen) atoms. The van der Waals surface area contributed by atoms with Gasteiger partial charge in [-0.3, -0.25) is 20.4 Å². The Bertz CT molecular complexity index is 1210. The van der Waals surface area contributed by atoms with Crippen LogP contribution >= 0.6 is 0 Å². The van der Waals surface area contributed by atoms with E-state index >= 15 is 0 Å². The van der Waals surface area contributed by atoms with Gasteiger partial charge in [-0.2, -0.15) is 0 Å². The van der Waals surface area contributed by atoms with Crippen LogP contribution in [0.2, 0.25) is 0 Å². The normalized spacial score (nSPS) is 28.6. The summed E-state index contributed by atoms with van der Waals surface area (Å²) < 4.78 is 0. The van der Waals surface area contributed by atoms with E-state index in [1.165, 1.54) is 5.56 Å². The summed E-state index contributed by atoms with van der Waals surface area (Å²) in [6.07, 6.45) is 3.17. The number of carbonyl (C=O) groups is 2. The molecule has 8 nitrogen and oxygen atoms in total. The maximum Gasteiger partial charge on any atom is 0.254 e. The summed E-state index contributed by atoms with van der Waals surface area (Å²) in [5.41, 5.74) is 17.2. The molecular formula is C29H35N5O3. The zero-order chi connectivity index (χ0) is 25.7. The molecule has 2 amide bonds. The summed E-state index contributed by atoms with van der Waals surface area (Å²) in [4.78, 5) is 28.9. The summed E-state index contributed by atoms with van der Waals surface area (Å²) in [6, 6.07) is 16.7. The zero-order valence-electron chi connectivity index (χ0n) is 21.0. The third-order valence-corrected chi connectivity index (χ3v) is 8.59. The number of hydrogen-bond donors (Lipinski definition) is 4. The third kappa shape index (κ3) is 4.48. The number of benzene rings is 2. The number of nitrogens with zero attached hydrogens (tertiary/aromatic N) is 2. The summed E-state index contributed by atoms with van der Waals surface area (Å²) in [5, 5.41) is 10.1. The van der Waals surface area contributed by atoms with Gasteiger partial charge in [-0.15, -0.1) is 0 Å². The molecule has 3 heterocycles. The lowest BCUT2D eigenvalue weighted by Crippen LogP contribution is -2.54. The lowest BCUT2D eigenvalue weighted by atomic mass is 9.82. The molecule has 7 rings (SSSR count). The molecule has 2 saturated carbocycles. The first-order valence-corrected chi connectivity index (χ1v) is 13.3. The number of hydrazine groups is 1. The van der Waals surface area contributed by atoms with Crippen LogP contribution in [0.1, 0.15) is 47.5 Å². The van der Waals surface area contributed by atoms with Gasteiger partial charge in [0, 0.05) is 55.8 Å². The zero-order valence-corrected chi connectivity index (χ0v) is 21.0. The molecule has 0 radical (unpaired) electrons. The van der Waals surface area contributed by atoms with Crippen molar-refractivity contribution in [2.75, 3.05) is 26.2 Å². The number of aliphatic hydroxyl groups is 1. The Morgan fingerprint density at radius 3 is 2.22 bits per heavy atom. The minimum absolute atomic E-state index is 0.0318. The average molecular weight is 502 g/mol. The van der Waals surface area contributed by atoms with Crippen molar-refractivity contribution in [2.45, 2.75) is 55.3 Å². The van der Waals surface area contributed by atoms with Crippen LogP contribution in [0.5, 0.6) is 0 Å². The second-order valence-electron chi connectivity index (χ2n) is 11.0. The van der Waals surface area contributed by atoms with Crippen molar-refractivity contribution in [3.05, 3.63) is 71.8 Å². The maximum absolute atomic E-state index is 13.1. The minimum Gasteiger partial charge on any atom is -0.380 e. The second kappa shape index (κ2) is 9.36. The van der Waals surface area contributed by atoms with Crippen molar-refractivity contribution in [2.24, 2.45) is 5.73 Å². The first kappa shape index (κ1) is 24.3. The van der Waals surface area contributed by atoms with Gasteiger partial charge in [-0.1, -0.05) is 43.0 Å². The largest absolute Gasteiger partial charge is 0.380 e. The summed E-state index contributed by atoms with van der Waals surface area (Å²) >= 11 is 0. The van der Waals surface area contributed by atoms with Gasteiger partial charge in [0.1, 0.15) is 5.60 Å². The molecule has 5 aliphatic rings. The Morgan fingerprint density at radius 1 is 0.919 bits per heavy atom. The molecule has 0 spiro atoms. The molecule has 5 fully saturated rings. The van der Waals surface area contributed by atoms with Crippen LogP contribution in [0.3, 0.4) is 0 Å². The molecule has 2 aromatic rings. The van der Waals surface area contributed by atoms with Gasteiger partial charge in [0.15, 0.2) is 0 Å². The van der Waals surface area contributed by atoms with Crippen LogP contribution < -0.4 is 16.6 Å². The molecule has 2 aromatic carbocycles. The number of amides is 2. The van der Waals surface area contributed by atoms with Gasteiger partial charge in [-0.05, 0) is 60.1 Å². The highest BCUT2D eigenvalue weighted by Crippen LogP contribution is 2.39. The Labute approximate surface area is 217 Å². The molecule has 5 N–H and O–H groups in total. The van der Waals surface area contributed by atoms with Crippen LogP contribution in [-0.2, 0) is 4.79 Å². The van der Waals surface area contributed by atoms with E-state index in [4.69, 9.17) is 5.73 Å². The Balaban J connectivity index is 1.14. The Morgan fingerprint density at radius 2 is 1.57 bits per heavy atom. The van der Waals surface area contributed by atoms with Crippen molar-refractivity contribution in [3.63, 3.8) is 0 Å². The fraction of sp³-hybridized carbons (Fsp3) is 0.448. The van der Waals surface area contributed by atoms with E-state index in [9.17, 15) is 14.7 Å². The third-order valence-electron chi connectivity index (χ3n) is 8.59. The molecule has 3 saturated heterocycles. The van der Waals surface area contributed by atoms with Crippen molar-refractivity contribution in [3.8, 4) is 11.1 Å².